The minimum atomic E-state index is 0.0129. The molecule has 2 aromatic heterocycles. The molecule has 0 atom stereocenters. The largest absolute Gasteiger partial charge is 0.336 e. The van der Waals surface area contributed by atoms with Gasteiger partial charge in [0.25, 0.3) is 5.91 Å². The van der Waals surface area contributed by atoms with E-state index >= 15 is 0 Å². The normalized spacial score (nSPS) is 11.2. The van der Waals surface area contributed by atoms with Gasteiger partial charge in [0.2, 0.25) is 0 Å². The molecule has 0 N–H and O–H groups in total. The second kappa shape index (κ2) is 6.14. The molecule has 102 valence electrons. The van der Waals surface area contributed by atoms with Crippen molar-refractivity contribution < 1.29 is 4.79 Å². The molecule has 0 aliphatic rings. The van der Waals surface area contributed by atoms with E-state index in [1.165, 1.54) is 0 Å². The van der Waals surface area contributed by atoms with Crippen LogP contribution in [0.3, 0.4) is 0 Å². The summed E-state index contributed by atoms with van der Waals surface area (Å²) >= 11 is 3.40. The zero-order chi connectivity index (χ0) is 13.8. The highest BCUT2D eigenvalue weighted by Gasteiger charge is 2.21. The van der Waals surface area contributed by atoms with Crippen molar-refractivity contribution in [3.63, 3.8) is 0 Å². The predicted octanol–water partition coefficient (Wildman–Crippen LogP) is 2.36. The second-order valence-electron chi connectivity index (χ2n) is 4.60. The molecule has 2 rings (SSSR count). The number of alkyl halides is 1. The van der Waals surface area contributed by atoms with Gasteiger partial charge < -0.3 is 4.90 Å². The Bertz CT molecular complexity index is 567. The first-order chi connectivity index (χ1) is 9.15. The highest BCUT2D eigenvalue weighted by molar-refractivity contribution is 9.09. The van der Waals surface area contributed by atoms with Crippen LogP contribution >= 0.6 is 15.9 Å². The maximum Gasteiger partial charge on any atom is 0.257 e. The molecule has 0 unspecified atom stereocenters. The van der Waals surface area contributed by atoms with Crippen LogP contribution in [-0.4, -0.2) is 43.3 Å². The third-order valence-corrected chi connectivity index (χ3v) is 3.53. The van der Waals surface area contributed by atoms with Gasteiger partial charge >= 0.3 is 0 Å². The molecule has 6 heteroatoms. The number of hydrogen-bond acceptors (Lipinski definition) is 3. The summed E-state index contributed by atoms with van der Waals surface area (Å²) in [4.78, 5) is 18.5. The lowest BCUT2D eigenvalue weighted by Crippen LogP contribution is -2.37. The van der Waals surface area contributed by atoms with Crippen LogP contribution in [0, 0.1) is 0 Å². The molecular formula is C13H17BrN4O. The Morgan fingerprint density at radius 2 is 2.26 bits per heavy atom. The summed E-state index contributed by atoms with van der Waals surface area (Å²) in [7, 11) is 0. The first-order valence-electron chi connectivity index (χ1n) is 6.29. The van der Waals surface area contributed by atoms with E-state index in [1.807, 2.05) is 18.7 Å². The van der Waals surface area contributed by atoms with Crippen LogP contribution in [0.4, 0.5) is 0 Å². The lowest BCUT2D eigenvalue weighted by molar-refractivity contribution is 0.0708. The number of aromatic nitrogens is 3. The van der Waals surface area contributed by atoms with E-state index in [0.29, 0.717) is 5.56 Å². The van der Waals surface area contributed by atoms with Crippen LogP contribution in [0.2, 0.25) is 0 Å². The van der Waals surface area contributed by atoms with Gasteiger partial charge in [-0.3, -0.25) is 9.78 Å². The molecule has 0 fully saturated rings. The summed E-state index contributed by atoms with van der Waals surface area (Å²) in [6, 6.07) is 0.165. The number of halogens is 1. The lowest BCUT2D eigenvalue weighted by Gasteiger charge is -2.26. The van der Waals surface area contributed by atoms with E-state index in [9.17, 15) is 4.79 Å². The lowest BCUT2D eigenvalue weighted by atomic mass is 10.2. The Hall–Kier alpha value is -1.43. The number of carbonyl (C=O) groups is 1. The molecule has 0 bridgehead atoms. The number of amides is 1. The number of nitrogens with zero attached hydrogens (tertiary/aromatic N) is 4. The minimum absolute atomic E-state index is 0.0129. The summed E-state index contributed by atoms with van der Waals surface area (Å²) in [6.07, 6.45) is 7.61. The molecule has 0 spiro atoms. The van der Waals surface area contributed by atoms with Gasteiger partial charge in [0.05, 0.1) is 23.5 Å². The average Bonchev–Trinajstić information content (AvgIpc) is 2.82. The maximum absolute atomic E-state index is 12.6. The molecule has 0 aromatic carbocycles. The monoisotopic (exact) mass is 324 g/mol. The van der Waals surface area contributed by atoms with Crippen molar-refractivity contribution in [2.75, 3.05) is 11.9 Å². The van der Waals surface area contributed by atoms with E-state index in [0.717, 1.165) is 23.8 Å². The molecule has 2 aromatic rings. The zero-order valence-corrected chi connectivity index (χ0v) is 12.7. The SMILES string of the molecule is CC(C)N(CCCBr)C(=O)c1cnn2ccncc12. The summed E-state index contributed by atoms with van der Waals surface area (Å²) in [5.41, 5.74) is 1.35. The number of rotatable bonds is 5. The second-order valence-corrected chi connectivity index (χ2v) is 5.39. The Morgan fingerprint density at radius 3 is 2.95 bits per heavy atom. The van der Waals surface area contributed by atoms with E-state index < -0.39 is 0 Å². The fourth-order valence-electron chi connectivity index (χ4n) is 1.98. The summed E-state index contributed by atoms with van der Waals surface area (Å²) in [5.74, 6) is 0.0129. The van der Waals surface area contributed by atoms with Crippen molar-refractivity contribution in [2.45, 2.75) is 26.3 Å². The average molecular weight is 325 g/mol. The van der Waals surface area contributed by atoms with Gasteiger partial charge in [-0.25, -0.2) is 4.52 Å². The van der Waals surface area contributed by atoms with Crippen molar-refractivity contribution in [1.82, 2.24) is 19.5 Å². The predicted molar refractivity (Wildman–Crippen MR) is 77.6 cm³/mol. The summed E-state index contributed by atoms with van der Waals surface area (Å²) in [6.45, 7) is 4.78. The molecule has 1 amide bonds. The topological polar surface area (TPSA) is 50.5 Å². The summed E-state index contributed by atoms with van der Waals surface area (Å²) < 4.78 is 1.67. The van der Waals surface area contributed by atoms with Gasteiger partial charge in [-0.05, 0) is 20.3 Å². The van der Waals surface area contributed by atoms with Gasteiger partial charge in [-0.2, -0.15) is 5.10 Å². The van der Waals surface area contributed by atoms with Gasteiger partial charge in [-0.15, -0.1) is 0 Å². The van der Waals surface area contributed by atoms with Crippen LogP contribution in [0.1, 0.15) is 30.6 Å². The van der Waals surface area contributed by atoms with Crippen molar-refractivity contribution in [1.29, 1.82) is 0 Å². The van der Waals surface area contributed by atoms with E-state index in [2.05, 4.69) is 26.0 Å². The quantitative estimate of drug-likeness (QED) is 0.793. The van der Waals surface area contributed by atoms with Crippen molar-refractivity contribution >= 4 is 27.4 Å². The third-order valence-electron chi connectivity index (χ3n) is 2.97. The van der Waals surface area contributed by atoms with Crippen molar-refractivity contribution in [3.05, 3.63) is 30.4 Å². The van der Waals surface area contributed by atoms with Crippen LogP contribution < -0.4 is 0 Å². The molecule has 0 aliphatic carbocycles. The standard InChI is InChI=1S/C13H17BrN4O/c1-10(2)17(6-3-4-14)13(19)11-8-16-18-7-5-15-9-12(11)18/h5,7-10H,3-4,6H2,1-2H3. The van der Waals surface area contributed by atoms with E-state index in [4.69, 9.17) is 0 Å². The number of carbonyl (C=O) groups excluding carboxylic acids is 1. The van der Waals surface area contributed by atoms with Crippen LogP contribution in [0.15, 0.2) is 24.8 Å². The maximum atomic E-state index is 12.6. The molecular weight excluding hydrogens is 308 g/mol. The number of fused-ring (bicyclic) bond motifs is 1. The highest BCUT2D eigenvalue weighted by Crippen LogP contribution is 2.14. The minimum Gasteiger partial charge on any atom is -0.336 e. The third kappa shape index (κ3) is 2.94. The smallest absolute Gasteiger partial charge is 0.257 e. The fourth-order valence-corrected chi connectivity index (χ4v) is 2.23. The molecule has 5 nitrogen and oxygen atoms in total. The molecule has 0 aliphatic heterocycles. The molecule has 0 saturated heterocycles. The first-order valence-corrected chi connectivity index (χ1v) is 7.41. The Kier molecular flexibility index (Phi) is 4.52. The van der Waals surface area contributed by atoms with Crippen LogP contribution in [0.5, 0.6) is 0 Å². The molecule has 0 saturated carbocycles. The summed E-state index contributed by atoms with van der Waals surface area (Å²) in [5, 5.41) is 5.07. The highest BCUT2D eigenvalue weighted by atomic mass is 79.9. The van der Waals surface area contributed by atoms with Gasteiger partial charge in [0.15, 0.2) is 0 Å². The molecule has 19 heavy (non-hydrogen) atoms. The van der Waals surface area contributed by atoms with E-state index in [1.54, 1.807) is 29.3 Å². The Labute approximate surface area is 120 Å². The fraction of sp³-hybridized carbons (Fsp3) is 0.462. The van der Waals surface area contributed by atoms with Crippen LogP contribution in [0.25, 0.3) is 5.52 Å². The van der Waals surface area contributed by atoms with Crippen LogP contribution in [-0.2, 0) is 0 Å². The van der Waals surface area contributed by atoms with Crippen molar-refractivity contribution in [3.8, 4) is 0 Å². The Balaban J connectivity index is 2.30. The molecule has 2 heterocycles. The first kappa shape index (κ1) is 14.0. The van der Waals surface area contributed by atoms with Gasteiger partial charge in [0, 0.05) is 30.3 Å². The number of hydrogen-bond donors (Lipinski definition) is 0. The zero-order valence-electron chi connectivity index (χ0n) is 11.1. The van der Waals surface area contributed by atoms with Gasteiger partial charge in [-0.1, -0.05) is 15.9 Å². The molecule has 0 radical (unpaired) electrons. The Morgan fingerprint density at radius 1 is 1.47 bits per heavy atom. The van der Waals surface area contributed by atoms with Gasteiger partial charge in [0.1, 0.15) is 0 Å². The van der Waals surface area contributed by atoms with E-state index in [-0.39, 0.29) is 11.9 Å². The van der Waals surface area contributed by atoms with Crippen molar-refractivity contribution in [2.24, 2.45) is 0 Å².